The molecule has 1 aliphatic rings. The van der Waals surface area contributed by atoms with E-state index >= 15 is 0 Å². The lowest BCUT2D eigenvalue weighted by molar-refractivity contribution is 0.104. The molecule has 0 aromatic heterocycles. The Morgan fingerprint density at radius 2 is 1.69 bits per heavy atom. The maximum absolute atomic E-state index is 13.2. The lowest BCUT2D eigenvalue weighted by atomic mass is 10.1. The molecule has 4 rings (SSSR count). The van der Waals surface area contributed by atoms with E-state index in [9.17, 15) is 13.2 Å². The van der Waals surface area contributed by atoms with Gasteiger partial charge in [0.15, 0.2) is 0 Å². The first-order valence-corrected chi connectivity index (χ1v) is 10.6. The number of anilines is 2. The molecule has 0 bridgehead atoms. The summed E-state index contributed by atoms with van der Waals surface area (Å²) in [6.07, 6.45) is 1.36. The number of ketones is 1. The standard InChI is InChI=1S/C22H16ClNO4S/c1-28-18-6-4-5-17(13-18)24-14-21(22(25)15-9-11-16(23)12-10-15)29(26,27)20-8-3-2-7-19(20)24/h2-14H,1H3. The van der Waals surface area contributed by atoms with Crippen molar-refractivity contribution in [3.05, 3.63) is 94.5 Å². The van der Waals surface area contributed by atoms with Gasteiger partial charge >= 0.3 is 0 Å². The van der Waals surface area contributed by atoms with Crippen LogP contribution in [0.25, 0.3) is 0 Å². The SMILES string of the molecule is COc1cccc(N2C=C(C(=O)c3ccc(Cl)cc3)S(=O)(=O)c3ccccc32)c1. The largest absolute Gasteiger partial charge is 0.497 e. The molecule has 1 aliphatic heterocycles. The van der Waals surface area contributed by atoms with E-state index in [-0.39, 0.29) is 15.4 Å². The molecule has 5 nitrogen and oxygen atoms in total. The molecular weight excluding hydrogens is 410 g/mol. The van der Waals surface area contributed by atoms with Gasteiger partial charge in [0, 0.05) is 28.5 Å². The maximum Gasteiger partial charge on any atom is 0.214 e. The number of methoxy groups -OCH3 is 1. The highest BCUT2D eigenvalue weighted by Crippen LogP contribution is 2.40. The van der Waals surface area contributed by atoms with Crippen LogP contribution in [0.1, 0.15) is 10.4 Å². The van der Waals surface area contributed by atoms with E-state index in [0.29, 0.717) is 22.1 Å². The molecule has 0 unspecified atom stereocenters. The molecule has 0 atom stereocenters. The second-order valence-corrected chi connectivity index (χ2v) is 8.69. The fraction of sp³-hybridized carbons (Fsp3) is 0.0455. The number of nitrogens with zero attached hydrogens (tertiary/aromatic N) is 1. The highest BCUT2D eigenvalue weighted by atomic mass is 35.5. The molecule has 0 radical (unpaired) electrons. The Labute approximate surface area is 173 Å². The maximum atomic E-state index is 13.2. The normalized spacial score (nSPS) is 14.7. The van der Waals surface area contributed by atoms with Crippen LogP contribution in [-0.4, -0.2) is 21.3 Å². The molecule has 0 aliphatic carbocycles. The average Bonchev–Trinajstić information content (AvgIpc) is 2.74. The number of rotatable bonds is 4. The van der Waals surface area contributed by atoms with Crippen molar-refractivity contribution in [3.8, 4) is 5.75 Å². The number of hydrogen-bond acceptors (Lipinski definition) is 5. The second kappa shape index (κ2) is 7.39. The Balaban J connectivity index is 1.91. The van der Waals surface area contributed by atoms with Crippen molar-refractivity contribution in [2.75, 3.05) is 12.0 Å². The second-order valence-electron chi connectivity index (χ2n) is 6.37. The third-order valence-corrected chi connectivity index (χ3v) is 6.66. The zero-order chi connectivity index (χ0) is 20.6. The third kappa shape index (κ3) is 3.41. The predicted molar refractivity (Wildman–Crippen MR) is 113 cm³/mol. The Hall–Kier alpha value is -3.09. The van der Waals surface area contributed by atoms with Crippen molar-refractivity contribution in [2.24, 2.45) is 0 Å². The number of sulfone groups is 1. The summed E-state index contributed by atoms with van der Waals surface area (Å²) in [5, 5.41) is 0.463. The van der Waals surface area contributed by atoms with E-state index < -0.39 is 15.6 Å². The number of allylic oxidation sites excluding steroid dienone is 1. The summed E-state index contributed by atoms with van der Waals surface area (Å²) in [6.45, 7) is 0. The summed E-state index contributed by atoms with van der Waals surface area (Å²) in [4.78, 5) is 14.5. The zero-order valence-electron chi connectivity index (χ0n) is 15.4. The van der Waals surface area contributed by atoms with Crippen LogP contribution >= 0.6 is 11.6 Å². The number of fused-ring (bicyclic) bond motifs is 1. The van der Waals surface area contributed by atoms with Gasteiger partial charge in [0.1, 0.15) is 10.7 Å². The summed E-state index contributed by atoms with van der Waals surface area (Å²) in [7, 11) is -2.44. The zero-order valence-corrected chi connectivity index (χ0v) is 16.9. The van der Waals surface area contributed by atoms with E-state index in [2.05, 4.69) is 0 Å². The molecular formula is C22H16ClNO4S. The van der Waals surface area contributed by atoms with Crippen LogP contribution < -0.4 is 9.64 Å². The summed E-state index contributed by atoms with van der Waals surface area (Å²) >= 11 is 5.89. The van der Waals surface area contributed by atoms with Crippen molar-refractivity contribution < 1.29 is 17.9 Å². The molecule has 0 spiro atoms. The Kier molecular flexibility index (Phi) is 4.90. The van der Waals surface area contributed by atoms with E-state index in [4.69, 9.17) is 16.3 Å². The van der Waals surface area contributed by atoms with Gasteiger partial charge in [0.25, 0.3) is 0 Å². The van der Waals surface area contributed by atoms with E-state index in [1.54, 1.807) is 60.5 Å². The Morgan fingerprint density at radius 3 is 2.41 bits per heavy atom. The lowest BCUT2D eigenvalue weighted by Crippen LogP contribution is -2.25. The molecule has 0 saturated heterocycles. The summed E-state index contributed by atoms with van der Waals surface area (Å²) in [5.41, 5.74) is 1.38. The number of hydrogen-bond donors (Lipinski definition) is 0. The Morgan fingerprint density at radius 1 is 0.966 bits per heavy atom. The highest BCUT2D eigenvalue weighted by molar-refractivity contribution is 7.96. The topological polar surface area (TPSA) is 63.7 Å². The molecule has 7 heteroatoms. The van der Waals surface area contributed by atoms with Gasteiger partial charge in [-0.25, -0.2) is 8.42 Å². The molecule has 3 aromatic rings. The van der Waals surface area contributed by atoms with Crippen LogP contribution in [-0.2, 0) is 9.84 Å². The van der Waals surface area contributed by atoms with E-state index in [1.807, 2.05) is 6.07 Å². The van der Waals surface area contributed by atoms with Crippen LogP contribution in [0.4, 0.5) is 11.4 Å². The van der Waals surface area contributed by atoms with Crippen molar-refractivity contribution >= 4 is 38.6 Å². The first-order chi connectivity index (χ1) is 13.9. The molecule has 0 saturated carbocycles. The van der Waals surface area contributed by atoms with Crippen LogP contribution in [0.2, 0.25) is 5.02 Å². The first-order valence-electron chi connectivity index (χ1n) is 8.71. The number of halogens is 1. The van der Waals surface area contributed by atoms with Gasteiger partial charge in [0.2, 0.25) is 15.6 Å². The fourth-order valence-electron chi connectivity index (χ4n) is 3.16. The number of benzene rings is 3. The van der Waals surface area contributed by atoms with Gasteiger partial charge in [-0.15, -0.1) is 0 Å². The first kappa shape index (κ1) is 19.2. The smallest absolute Gasteiger partial charge is 0.214 e. The fourth-order valence-corrected chi connectivity index (χ4v) is 4.82. The molecule has 29 heavy (non-hydrogen) atoms. The minimum Gasteiger partial charge on any atom is -0.497 e. The van der Waals surface area contributed by atoms with Crippen molar-refractivity contribution in [1.82, 2.24) is 0 Å². The lowest BCUT2D eigenvalue weighted by Gasteiger charge is -2.29. The molecule has 0 N–H and O–H groups in total. The minimum atomic E-state index is -3.99. The van der Waals surface area contributed by atoms with Crippen molar-refractivity contribution in [2.45, 2.75) is 4.90 Å². The van der Waals surface area contributed by atoms with Gasteiger partial charge in [0.05, 0.1) is 17.7 Å². The molecule has 0 amide bonds. The number of carbonyl (C=O) groups is 1. The molecule has 3 aromatic carbocycles. The van der Waals surface area contributed by atoms with Gasteiger partial charge < -0.3 is 9.64 Å². The van der Waals surface area contributed by atoms with E-state index in [0.717, 1.165) is 0 Å². The minimum absolute atomic E-state index is 0.0719. The summed E-state index contributed by atoms with van der Waals surface area (Å²) in [6, 6.07) is 19.9. The number of ether oxygens (including phenoxy) is 1. The van der Waals surface area contributed by atoms with Crippen LogP contribution in [0.3, 0.4) is 0 Å². The molecule has 0 fully saturated rings. The van der Waals surface area contributed by atoms with Gasteiger partial charge in [-0.05, 0) is 48.5 Å². The van der Waals surface area contributed by atoms with Gasteiger partial charge in [-0.1, -0.05) is 29.8 Å². The van der Waals surface area contributed by atoms with E-state index in [1.165, 1.54) is 24.4 Å². The predicted octanol–water partition coefficient (Wildman–Crippen LogP) is 5.00. The monoisotopic (exact) mass is 425 g/mol. The van der Waals surface area contributed by atoms with Crippen LogP contribution in [0.5, 0.6) is 5.75 Å². The highest BCUT2D eigenvalue weighted by Gasteiger charge is 2.36. The average molecular weight is 426 g/mol. The number of carbonyl (C=O) groups excluding carboxylic acids is 1. The molecule has 1 heterocycles. The number of para-hydroxylation sites is 1. The quantitative estimate of drug-likeness (QED) is 0.550. The van der Waals surface area contributed by atoms with Gasteiger partial charge in [-0.2, -0.15) is 0 Å². The number of Topliss-reactive ketones (excluding diaryl/α,β-unsaturated/α-hetero) is 1. The summed E-state index contributed by atoms with van der Waals surface area (Å²) in [5.74, 6) is 0.0245. The van der Waals surface area contributed by atoms with Crippen LogP contribution in [0, 0.1) is 0 Å². The third-order valence-electron chi connectivity index (χ3n) is 4.61. The van der Waals surface area contributed by atoms with Gasteiger partial charge in [-0.3, -0.25) is 4.79 Å². The van der Waals surface area contributed by atoms with Crippen molar-refractivity contribution in [3.63, 3.8) is 0 Å². The molecule has 146 valence electrons. The van der Waals surface area contributed by atoms with Crippen LogP contribution in [0.15, 0.2) is 88.8 Å². The Bertz CT molecular complexity index is 1230. The van der Waals surface area contributed by atoms with Crippen molar-refractivity contribution in [1.29, 1.82) is 0 Å². The summed E-state index contributed by atoms with van der Waals surface area (Å²) < 4.78 is 31.7.